The normalized spacial score (nSPS) is 10.6. The zero-order valence-electron chi connectivity index (χ0n) is 11.8. The molecule has 110 valence electrons. The Morgan fingerprint density at radius 1 is 1.05 bits per heavy atom. The largest absolute Gasteiger partial charge is 0.478 e. The monoisotopic (exact) mass is 295 g/mol. The highest BCUT2D eigenvalue weighted by atomic mass is 16.4. The molecule has 3 rings (SSSR count). The summed E-state index contributed by atoms with van der Waals surface area (Å²) < 4.78 is 5.57. The van der Waals surface area contributed by atoms with Gasteiger partial charge in [-0.3, -0.25) is 4.79 Å². The lowest BCUT2D eigenvalue weighted by atomic mass is 10.1. The molecular weight excluding hydrogens is 282 g/mol. The molecule has 0 saturated carbocycles. The van der Waals surface area contributed by atoms with Crippen molar-refractivity contribution in [1.82, 2.24) is 0 Å². The average molecular weight is 295 g/mol. The number of para-hydroxylation sites is 2. The minimum atomic E-state index is -1.10. The Morgan fingerprint density at radius 3 is 2.45 bits per heavy atom. The molecule has 1 aromatic heterocycles. The minimum Gasteiger partial charge on any atom is -0.478 e. The molecule has 0 unspecified atom stereocenters. The van der Waals surface area contributed by atoms with Crippen molar-refractivity contribution in [3.8, 4) is 0 Å². The molecule has 5 nitrogen and oxygen atoms in total. The van der Waals surface area contributed by atoms with Gasteiger partial charge in [-0.2, -0.15) is 0 Å². The number of nitrogens with one attached hydrogen (secondary N) is 1. The summed E-state index contributed by atoms with van der Waals surface area (Å²) in [6, 6.07) is 13.6. The molecule has 22 heavy (non-hydrogen) atoms. The number of amides is 1. The lowest BCUT2D eigenvalue weighted by Crippen LogP contribution is -2.15. The standard InChI is InChI=1S/C17H13NO4/c1-10-11-6-3-5-9-14(11)22-15(10)16(19)18-13-8-4-2-7-12(13)17(20)21/h2-9H,1H3,(H,18,19)(H,20,21). The number of hydrogen-bond acceptors (Lipinski definition) is 3. The fourth-order valence-corrected chi connectivity index (χ4v) is 2.35. The van der Waals surface area contributed by atoms with E-state index in [0.717, 1.165) is 10.9 Å². The van der Waals surface area contributed by atoms with E-state index in [1.54, 1.807) is 31.2 Å². The van der Waals surface area contributed by atoms with Gasteiger partial charge in [0.1, 0.15) is 5.58 Å². The van der Waals surface area contributed by atoms with Gasteiger partial charge in [-0.05, 0) is 25.1 Å². The molecule has 0 bridgehead atoms. The van der Waals surface area contributed by atoms with Crippen LogP contribution in [0.4, 0.5) is 5.69 Å². The second kappa shape index (κ2) is 5.37. The molecule has 1 amide bonds. The van der Waals surface area contributed by atoms with Crippen molar-refractivity contribution < 1.29 is 19.1 Å². The number of rotatable bonds is 3. The van der Waals surface area contributed by atoms with Crippen molar-refractivity contribution in [1.29, 1.82) is 0 Å². The first-order valence-corrected chi connectivity index (χ1v) is 6.69. The highest BCUT2D eigenvalue weighted by molar-refractivity contribution is 6.09. The van der Waals surface area contributed by atoms with Crippen LogP contribution in [0.2, 0.25) is 0 Å². The van der Waals surface area contributed by atoms with Gasteiger partial charge in [-0.1, -0.05) is 30.3 Å². The SMILES string of the molecule is Cc1c(C(=O)Nc2ccccc2C(=O)O)oc2ccccc12. The van der Waals surface area contributed by atoms with Gasteiger partial charge in [-0.25, -0.2) is 4.79 Å². The van der Waals surface area contributed by atoms with Crippen LogP contribution in [0.5, 0.6) is 0 Å². The molecule has 2 aromatic carbocycles. The summed E-state index contributed by atoms with van der Waals surface area (Å²) in [4.78, 5) is 23.6. The maximum absolute atomic E-state index is 12.4. The van der Waals surface area contributed by atoms with Crippen LogP contribution in [0, 0.1) is 6.92 Å². The van der Waals surface area contributed by atoms with Gasteiger partial charge in [0, 0.05) is 10.9 Å². The smallest absolute Gasteiger partial charge is 0.337 e. The Hall–Kier alpha value is -3.08. The Morgan fingerprint density at radius 2 is 1.73 bits per heavy atom. The molecule has 0 saturated heterocycles. The van der Waals surface area contributed by atoms with Crippen molar-refractivity contribution in [3.63, 3.8) is 0 Å². The molecule has 3 aromatic rings. The highest BCUT2D eigenvalue weighted by Gasteiger charge is 2.19. The van der Waals surface area contributed by atoms with Crippen molar-refractivity contribution in [2.75, 3.05) is 5.32 Å². The molecule has 0 aliphatic heterocycles. The van der Waals surface area contributed by atoms with Crippen LogP contribution in [0.1, 0.15) is 26.5 Å². The topological polar surface area (TPSA) is 79.5 Å². The number of carboxylic acid groups (broad SMARTS) is 1. The number of aromatic carboxylic acids is 1. The molecule has 0 aliphatic rings. The first kappa shape index (κ1) is 13.9. The number of carbonyl (C=O) groups excluding carboxylic acids is 1. The Bertz CT molecular complexity index is 879. The van der Waals surface area contributed by atoms with Gasteiger partial charge < -0.3 is 14.8 Å². The van der Waals surface area contributed by atoms with Crippen LogP contribution in [0.15, 0.2) is 52.9 Å². The van der Waals surface area contributed by atoms with E-state index < -0.39 is 11.9 Å². The van der Waals surface area contributed by atoms with Crippen LogP contribution in [-0.4, -0.2) is 17.0 Å². The number of anilines is 1. The number of fused-ring (bicyclic) bond motifs is 1. The van der Waals surface area contributed by atoms with Crippen LogP contribution in [-0.2, 0) is 0 Å². The van der Waals surface area contributed by atoms with E-state index in [0.29, 0.717) is 5.58 Å². The van der Waals surface area contributed by atoms with Crippen molar-refractivity contribution in [2.45, 2.75) is 6.92 Å². The third kappa shape index (κ3) is 2.33. The Balaban J connectivity index is 1.98. The number of carbonyl (C=O) groups is 2. The molecule has 0 spiro atoms. The maximum Gasteiger partial charge on any atom is 0.337 e. The van der Waals surface area contributed by atoms with Crippen molar-refractivity contribution >= 4 is 28.5 Å². The van der Waals surface area contributed by atoms with Gasteiger partial charge in [0.15, 0.2) is 5.76 Å². The van der Waals surface area contributed by atoms with E-state index in [9.17, 15) is 9.59 Å². The van der Waals surface area contributed by atoms with E-state index in [1.807, 2.05) is 18.2 Å². The lowest BCUT2D eigenvalue weighted by molar-refractivity contribution is 0.0698. The van der Waals surface area contributed by atoms with E-state index >= 15 is 0 Å². The third-order valence-electron chi connectivity index (χ3n) is 3.46. The second-order valence-corrected chi connectivity index (χ2v) is 4.86. The molecule has 0 fully saturated rings. The molecule has 0 aliphatic carbocycles. The highest BCUT2D eigenvalue weighted by Crippen LogP contribution is 2.26. The van der Waals surface area contributed by atoms with Gasteiger partial charge in [0.25, 0.3) is 5.91 Å². The molecule has 1 heterocycles. The minimum absolute atomic E-state index is 0.0321. The first-order valence-electron chi connectivity index (χ1n) is 6.69. The fraction of sp³-hybridized carbons (Fsp3) is 0.0588. The molecular formula is C17H13NO4. The number of carboxylic acids is 1. The van der Waals surface area contributed by atoms with Gasteiger partial charge >= 0.3 is 5.97 Å². The average Bonchev–Trinajstić information content (AvgIpc) is 2.85. The first-order chi connectivity index (χ1) is 10.6. The maximum atomic E-state index is 12.4. The fourth-order valence-electron chi connectivity index (χ4n) is 2.35. The lowest BCUT2D eigenvalue weighted by Gasteiger charge is -2.07. The predicted octanol–water partition coefficient (Wildman–Crippen LogP) is 3.69. The molecule has 0 atom stereocenters. The number of benzene rings is 2. The van der Waals surface area contributed by atoms with Gasteiger partial charge in [-0.15, -0.1) is 0 Å². The summed E-state index contributed by atoms with van der Waals surface area (Å²) in [6.07, 6.45) is 0. The summed E-state index contributed by atoms with van der Waals surface area (Å²) in [5.41, 5.74) is 1.61. The van der Waals surface area contributed by atoms with Crippen molar-refractivity contribution in [2.24, 2.45) is 0 Å². The van der Waals surface area contributed by atoms with Crippen molar-refractivity contribution in [3.05, 3.63) is 65.4 Å². The zero-order valence-corrected chi connectivity index (χ0v) is 11.8. The van der Waals surface area contributed by atoms with E-state index in [1.165, 1.54) is 6.07 Å². The predicted molar refractivity (Wildman–Crippen MR) is 82.3 cm³/mol. The number of hydrogen-bond donors (Lipinski definition) is 2. The van der Waals surface area contributed by atoms with Crippen LogP contribution in [0.3, 0.4) is 0 Å². The van der Waals surface area contributed by atoms with Gasteiger partial charge in [0.2, 0.25) is 0 Å². The molecule has 2 N–H and O–H groups in total. The summed E-state index contributed by atoms with van der Waals surface area (Å²) in [7, 11) is 0. The number of furan rings is 1. The summed E-state index contributed by atoms with van der Waals surface area (Å²) >= 11 is 0. The van der Waals surface area contributed by atoms with E-state index in [2.05, 4.69) is 5.32 Å². The molecule has 0 radical (unpaired) electrons. The Kier molecular flexibility index (Phi) is 3.39. The van der Waals surface area contributed by atoms with Crippen LogP contribution in [0.25, 0.3) is 11.0 Å². The summed E-state index contributed by atoms with van der Waals surface area (Å²) in [5.74, 6) is -1.39. The van der Waals surface area contributed by atoms with Crippen LogP contribution >= 0.6 is 0 Å². The number of aryl methyl sites for hydroxylation is 1. The molecule has 5 heteroatoms. The van der Waals surface area contributed by atoms with E-state index in [4.69, 9.17) is 9.52 Å². The van der Waals surface area contributed by atoms with E-state index in [-0.39, 0.29) is 17.0 Å². The van der Waals surface area contributed by atoms with Crippen LogP contribution < -0.4 is 5.32 Å². The summed E-state index contributed by atoms with van der Waals surface area (Å²) in [5, 5.41) is 12.6. The van der Waals surface area contributed by atoms with Gasteiger partial charge in [0.05, 0.1) is 11.3 Å². The Labute approximate surface area is 126 Å². The quantitative estimate of drug-likeness (QED) is 0.772. The summed E-state index contributed by atoms with van der Waals surface area (Å²) in [6.45, 7) is 1.80. The zero-order chi connectivity index (χ0) is 15.7. The third-order valence-corrected chi connectivity index (χ3v) is 3.46. The second-order valence-electron chi connectivity index (χ2n) is 4.86.